The number of nitrogens with zero attached hydrogens (tertiary/aromatic N) is 3. The molecule has 1 aromatic heterocycles. The van der Waals surface area contributed by atoms with Gasteiger partial charge in [-0.3, -0.25) is 0 Å². The third-order valence-corrected chi connectivity index (χ3v) is 4.34. The SMILES string of the molecule is Cc1ccc(N=Cc2nc3ccccc3n2C)c(O[SiH](C)C)c1.[H+]. The normalized spacial score (nSPS) is 11.7. The van der Waals surface area contributed by atoms with Crippen LogP contribution in [0.2, 0.25) is 13.1 Å². The molecule has 0 atom stereocenters. The molecule has 0 saturated heterocycles. The van der Waals surface area contributed by atoms with E-state index in [1.807, 2.05) is 35.9 Å². The fourth-order valence-corrected chi connectivity index (χ4v) is 3.18. The molecule has 0 fully saturated rings. The Morgan fingerprint density at radius 2 is 2.00 bits per heavy atom. The molecular weight excluding hydrogens is 302 g/mol. The average molecular weight is 324 g/mol. The number of fused-ring (bicyclic) bond motifs is 1. The van der Waals surface area contributed by atoms with Crippen molar-refractivity contribution in [2.24, 2.45) is 12.0 Å². The van der Waals surface area contributed by atoms with Crippen LogP contribution in [0.3, 0.4) is 0 Å². The summed E-state index contributed by atoms with van der Waals surface area (Å²) in [6.07, 6.45) is 1.80. The molecule has 4 nitrogen and oxygen atoms in total. The lowest BCUT2D eigenvalue weighted by Gasteiger charge is -2.12. The molecule has 3 rings (SSSR count). The van der Waals surface area contributed by atoms with Crippen LogP contribution in [0, 0.1) is 6.92 Å². The number of imidazole rings is 1. The Morgan fingerprint density at radius 3 is 2.74 bits per heavy atom. The Hall–Kier alpha value is -2.40. The van der Waals surface area contributed by atoms with Crippen molar-refractivity contribution in [1.29, 1.82) is 0 Å². The lowest BCUT2D eigenvalue weighted by Crippen LogP contribution is -2.11. The van der Waals surface area contributed by atoms with E-state index in [0.29, 0.717) is 0 Å². The van der Waals surface area contributed by atoms with Gasteiger partial charge in [0.2, 0.25) is 9.04 Å². The summed E-state index contributed by atoms with van der Waals surface area (Å²) < 4.78 is 8.05. The molecule has 0 bridgehead atoms. The van der Waals surface area contributed by atoms with Crippen molar-refractivity contribution in [1.82, 2.24) is 9.55 Å². The van der Waals surface area contributed by atoms with Gasteiger partial charge in [-0.2, -0.15) is 0 Å². The second kappa shape index (κ2) is 6.38. The second-order valence-corrected chi connectivity index (χ2v) is 8.25. The number of hydrogen-bond acceptors (Lipinski definition) is 3. The minimum Gasteiger partial charge on any atom is -0.546 e. The summed E-state index contributed by atoms with van der Waals surface area (Å²) in [5.74, 6) is 1.70. The molecule has 3 aromatic rings. The molecule has 0 N–H and O–H groups in total. The first-order valence-corrected chi connectivity index (χ1v) is 10.6. The Balaban J connectivity index is 0.00000208. The maximum Gasteiger partial charge on any atom is 1.00 e. The topological polar surface area (TPSA) is 39.4 Å². The van der Waals surface area contributed by atoms with Gasteiger partial charge in [-0.15, -0.1) is 0 Å². The van der Waals surface area contributed by atoms with Gasteiger partial charge in [0.1, 0.15) is 11.4 Å². The molecule has 1 heterocycles. The number of rotatable bonds is 4. The molecule has 0 aliphatic carbocycles. The zero-order chi connectivity index (χ0) is 16.4. The van der Waals surface area contributed by atoms with Crippen LogP contribution < -0.4 is 4.43 Å². The van der Waals surface area contributed by atoms with Crippen LogP contribution in [0.15, 0.2) is 47.5 Å². The summed E-state index contributed by atoms with van der Waals surface area (Å²) in [6.45, 7) is 6.37. The van der Waals surface area contributed by atoms with E-state index in [1.165, 1.54) is 5.56 Å². The average Bonchev–Trinajstić information content (AvgIpc) is 2.83. The molecule has 0 unspecified atom stereocenters. The molecule has 0 spiro atoms. The summed E-state index contributed by atoms with van der Waals surface area (Å²) in [5.41, 5.74) is 4.11. The highest BCUT2D eigenvalue weighted by atomic mass is 28.3. The minimum absolute atomic E-state index is 0. The van der Waals surface area contributed by atoms with Gasteiger partial charge < -0.3 is 8.99 Å². The van der Waals surface area contributed by atoms with Gasteiger partial charge in [-0.1, -0.05) is 18.2 Å². The van der Waals surface area contributed by atoms with Gasteiger partial charge in [0.25, 0.3) is 0 Å². The zero-order valence-corrected chi connectivity index (χ0v) is 15.1. The van der Waals surface area contributed by atoms with E-state index in [1.54, 1.807) is 6.21 Å². The molecule has 0 amide bonds. The molecule has 5 heteroatoms. The number of aliphatic imine (C=N–C) groups is 1. The lowest BCUT2D eigenvalue weighted by molar-refractivity contribution is 0.581. The standard InChI is InChI=1S/C18H21N3OSi/c1-13-9-10-15(17(11-13)22-23(3)4)19-12-18-20-14-7-5-6-8-16(14)21(18)2/h5-12,23H,1-4H3/p+1. The smallest absolute Gasteiger partial charge is 0.546 e. The molecule has 0 aliphatic rings. The highest BCUT2D eigenvalue weighted by Crippen LogP contribution is 2.29. The first kappa shape index (κ1) is 15.5. The predicted molar refractivity (Wildman–Crippen MR) is 99.8 cm³/mol. The quantitative estimate of drug-likeness (QED) is 0.535. The summed E-state index contributed by atoms with van der Waals surface area (Å²) in [6, 6.07) is 14.2. The van der Waals surface area contributed by atoms with E-state index >= 15 is 0 Å². The van der Waals surface area contributed by atoms with Gasteiger partial charge in [0.05, 0.1) is 17.2 Å². The van der Waals surface area contributed by atoms with Crippen LogP contribution in [-0.2, 0) is 7.05 Å². The Morgan fingerprint density at radius 1 is 1.22 bits per heavy atom. The molecule has 23 heavy (non-hydrogen) atoms. The maximum atomic E-state index is 6.00. The van der Waals surface area contributed by atoms with Crippen molar-refractivity contribution in [3.8, 4) is 5.75 Å². The lowest BCUT2D eigenvalue weighted by atomic mass is 10.2. The fraction of sp³-hybridized carbons (Fsp3) is 0.222. The van der Waals surface area contributed by atoms with Crippen LogP contribution >= 0.6 is 0 Å². The molecule has 2 aromatic carbocycles. The first-order valence-electron chi connectivity index (χ1n) is 7.77. The summed E-state index contributed by atoms with van der Waals surface area (Å²) in [4.78, 5) is 9.23. The van der Waals surface area contributed by atoms with E-state index in [2.05, 4.69) is 48.2 Å². The number of benzene rings is 2. The summed E-state index contributed by atoms with van der Waals surface area (Å²) in [5, 5.41) is 0. The minimum atomic E-state index is -1.17. The third-order valence-electron chi connectivity index (χ3n) is 3.62. The van der Waals surface area contributed by atoms with Crippen LogP contribution in [0.4, 0.5) is 5.69 Å². The van der Waals surface area contributed by atoms with Gasteiger partial charge in [0.15, 0.2) is 5.82 Å². The highest BCUT2D eigenvalue weighted by molar-refractivity contribution is 6.49. The van der Waals surface area contributed by atoms with Crippen molar-refractivity contribution in [2.75, 3.05) is 0 Å². The van der Waals surface area contributed by atoms with Crippen molar-refractivity contribution in [3.05, 3.63) is 53.9 Å². The Kier molecular flexibility index (Phi) is 4.30. The molecule has 118 valence electrons. The first-order chi connectivity index (χ1) is 11.0. The van der Waals surface area contributed by atoms with Gasteiger partial charge >= 0.3 is 1.43 Å². The highest BCUT2D eigenvalue weighted by Gasteiger charge is 2.07. The fourth-order valence-electron chi connectivity index (χ4n) is 2.48. The van der Waals surface area contributed by atoms with E-state index in [0.717, 1.165) is 28.3 Å². The Bertz CT molecular complexity index is 874. The molecular formula is C18H22N3OSi+. The predicted octanol–water partition coefficient (Wildman–Crippen LogP) is 4.11. The molecule has 0 aliphatic heterocycles. The Labute approximate surface area is 139 Å². The van der Waals surface area contributed by atoms with E-state index < -0.39 is 9.04 Å². The zero-order valence-electron chi connectivity index (χ0n) is 14.9. The van der Waals surface area contributed by atoms with Gasteiger partial charge in [0, 0.05) is 7.05 Å². The maximum absolute atomic E-state index is 6.00. The second-order valence-electron chi connectivity index (χ2n) is 5.91. The number of para-hydroxylation sites is 2. The van der Waals surface area contributed by atoms with Crippen LogP contribution in [0.5, 0.6) is 5.75 Å². The largest absolute Gasteiger partial charge is 1.00 e. The van der Waals surface area contributed by atoms with Crippen LogP contribution in [0.1, 0.15) is 12.8 Å². The third kappa shape index (κ3) is 3.34. The molecule has 0 radical (unpaired) electrons. The monoisotopic (exact) mass is 324 g/mol. The van der Waals surface area contributed by atoms with E-state index in [4.69, 9.17) is 4.43 Å². The van der Waals surface area contributed by atoms with Gasteiger partial charge in [-0.25, -0.2) is 9.98 Å². The van der Waals surface area contributed by atoms with E-state index in [-0.39, 0.29) is 1.43 Å². The van der Waals surface area contributed by atoms with Crippen LogP contribution in [0.25, 0.3) is 11.0 Å². The van der Waals surface area contributed by atoms with Crippen LogP contribution in [-0.4, -0.2) is 24.8 Å². The van der Waals surface area contributed by atoms with Gasteiger partial charge in [-0.05, 0) is 49.8 Å². The number of aryl methyl sites for hydroxylation is 2. The number of aromatic nitrogens is 2. The van der Waals surface area contributed by atoms with E-state index in [9.17, 15) is 0 Å². The van der Waals surface area contributed by atoms with Crippen molar-refractivity contribution in [3.63, 3.8) is 0 Å². The molecule has 0 saturated carbocycles. The summed E-state index contributed by atoms with van der Waals surface area (Å²) in [7, 11) is 0.831. The summed E-state index contributed by atoms with van der Waals surface area (Å²) >= 11 is 0. The van der Waals surface area contributed by atoms with Crippen molar-refractivity contribution in [2.45, 2.75) is 20.0 Å². The van der Waals surface area contributed by atoms with Crippen molar-refractivity contribution < 1.29 is 5.85 Å². The number of hydrogen-bond donors (Lipinski definition) is 0. The van der Waals surface area contributed by atoms with Crippen molar-refractivity contribution >= 4 is 32.0 Å².